The molecule has 2 nitrogen and oxygen atoms in total. The van der Waals surface area contributed by atoms with E-state index in [1.54, 1.807) is 0 Å². The van der Waals surface area contributed by atoms with Crippen LogP contribution in [0, 0.1) is 5.92 Å². The molecule has 0 saturated carbocycles. The van der Waals surface area contributed by atoms with Crippen LogP contribution in [0.3, 0.4) is 0 Å². The zero-order chi connectivity index (χ0) is 9.56. The molecule has 12 heavy (non-hydrogen) atoms. The second-order valence-electron chi connectivity index (χ2n) is 3.21. The Balaban J connectivity index is 3.56. The fourth-order valence-electron chi connectivity index (χ4n) is 1.11. The van der Waals surface area contributed by atoms with Gasteiger partial charge < -0.3 is 5.11 Å². The molecule has 0 radical (unpaired) electrons. The first-order chi connectivity index (χ1) is 5.59. The molecule has 3 heteroatoms. The van der Waals surface area contributed by atoms with Crippen LogP contribution in [-0.4, -0.2) is 16.5 Å². The molecule has 0 aliphatic carbocycles. The van der Waals surface area contributed by atoms with Crippen LogP contribution in [0.1, 0.15) is 39.5 Å². The lowest BCUT2D eigenvalue weighted by Gasteiger charge is -2.13. The van der Waals surface area contributed by atoms with Crippen LogP contribution < -0.4 is 0 Å². The van der Waals surface area contributed by atoms with Gasteiger partial charge in [0.15, 0.2) is 0 Å². The van der Waals surface area contributed by atoms with Gasteiger partial charge in [-0.15, -0.1) is 11.6 Å². The minimum absolute atomic E-state index is 0.0794. The molecule has 0 aromatic heterocycles. The van der Waals surface area contributed by atoms with Crippen molar-refractivity contribution < 1.29 is 9.90 Å². The van der Waals surface area contributed by atoms with E-state index in [4.69, 9.17) is 16.7 Å². The predicted octanol–water partition coefficient (Wildman–Crippen LogP) is 2.89. The summed E-state index contributed by atoms with van der Waals surface area (Å²) in [5, 5.41) is 7.86. The van der Waals surface area contributed by atoms with Gasteiger partial charge in [0.1, 0.15) is 5.38 Å². The van der Waals surface area contributed by atoms with Crippen molar-refractivity contribution in [2.45, 2.75) is 44.9 Å². The maximum absolute atomic E-state index is 10.4. The molecule has 0 heterocycles. The molecule has 0 amide bonds. The third kappa shape index (κ3) is 4.60. The third-order valence-corrected chi connectivity index (χ3v) is 2.62. The van der Waals surface area contributed by atoms with Crippen LogP contribution in [0.4, 0.5) is 0 Å². The molecule has 0 fully saturated rings. The SMILES string of the molecule is CCCCCC(C)C(Cl)C(=O)O. The summed E-state index contributed by atoms with van der Waals surface area (Å²) in [6.45, 7) is 4.02. The molecule has 0 aromatic rings. The van der Waals surface area contributed by atoms with E-state index in [0.717, 1.165) is 25.7 Å². The standard InChI is InChI=1S/C9H17ClO2/c1-3-4-5-6-7(2)8(10)9(11)12/h7-8H,3-6H2,1-2H3,(H,11,12). The number of rotatable bonds is 6. The van der Waals surface area contributed by atoms with Crippen molar-refractivity contribution in [2.24, 2.45) is 5.92 Å². The van der Waals surface area contributed by atoms with Gasteiger partial charge in [0.2, 0.25) is 0 Å². The average Bonchev–Trinajstić information content (AvgIpc) is 2.03. The molecular formula is C9H17ClO2. The van der Waals surface area contributed by atoms with Gasteiger partial charge in [0.25, 0.3) is 0 Å². The summed E-state index contributed by atoms with van der Waals surface area (Å²) in [5.74, 6) is -0.823. The monoisotopic (exact) mass is 192 g/mol. The van der Waals surface area contributed by atoms with Gasteiger partial charge in [0.05, 0.1) is 0 Å². The minimum Gasteiger partial charge on any atom is -0.480 e. The van der Waals surface area contributed by atoms with Crippen LogP contribution >= 0.6 is 11.6 Å². The van der Waals surface area contributed by atoms with E-state index in [2.05, 4.69) is 6.92 Å². The third-order valence-electron chi connectivity index (χ3n) is 2.00. The van der Waals surface area contributed by atoms with E-state index in [9.17, 15) is 4.79 Å². The fraction of sp³-hybridized carbons (Fsp3) is 0.889. The van der Waals surface area contributed by atoms with Crippen LogP contribution in [0.2, 0.25) is 0 Å². The Bertz CT molecular complexity index is 136. The summed E-state index contributed by atoms with van der Waals surface area (Å²) in [7, 11) is 0. The van der Waals surface area contributed by atoms with Gasteiger partial charge >= 0.3 is 5.97 Å². The maximum atomic E-state index is 10.4. The van der Waals surface area contributed by atoms with Gasteiger partial charge in [-0.25, -0.2) is 0 Å². The quantitative estimate of drug-likeness (QED) is 0.519. The van der Waals surface area contributed by atoms with Gasteiger partial charge in [-0.3, -0.25) is 4.79 Å². The van der Waals surface area contributed by atoms with E-state index in [0.29, 0.717) is 0 Å². The highest BCUT2D eigenvalue weighted by Gasteiger charge is 2.20. The Hall–Kier alpha value is -0.240. The Morgan fingerprint density at radius 2 is 2.08 bits per heavy atom. The lowest BCUT2D eigenvalue weighted by Crippen LogP contribution is -2.21. The van der Waals surface area contributed by atoms with Crippen LogP contribution in [-0.2, 0) is 4.79 Å². The number of aliphatic carboxylic acids is 1. The van der Waals surface area contributed by atoms with Crippen LogP contribution in [0.5, 0.6) is 0 Å². The Morgan fingerprint density at radius 3 is 2.50 bits per heavy atom. The normalized spacial score (nSPS) is 15.6. The van der Waals surface area contributed by atoms with Crippen molar-refractivity contribution in [2.75, 3.05) is 0 Å². The maximum Gasteiger partial charge on any atom is 0.321 e. The number of hydrogen-bond donors (Lipinski definition) is 1. The molecular weight excluding hydrogens is 176 g/mol. The van der Waals surface area contributed by atoms with Crippen molar-refractivity contribution in [3.05, 3.63) is 0 Å². The summed E-state index contributed by atoms with van der Waals surface area (Å²) >= 11 is 5.65. The number of carbonyl (C=O) groups is 1. The summed E-state index contributed by atoms with van der Waals surface area (Å²) in [6.07, 6.45) is 4.31. The predicted molar refractivity (Wildman–Crippen MR) is 50.6 cm³/mol. The summed E-state index contributed by atoms with van der Waals surface area (Å²) < 4.78 is 0. The van der Waals surface area contributed by atoms with Gasteiger partial charge in [-0.2, -0.15) is 0 Å². The summed E-state index contributed by atoms with van der Waals surface area (Å²) in [5.41, 5.74) is 0. The van der Waals surface area contributed by atoms with Crippen molar-refractivity contribution >= 4 is 17.6 Å². The largest absolute Gasteiger partial charge is 0.480 e. The van der Waals surface area contributed by atoms with Crippen molar-refractivity contribution in [3.8, 4) is 0 Å². The molecule has 0 aromatic carbocycles. The first-order valence-electron chi connectivity index (χ1n) is 4.46. The van der Waals surface area contributed by atoms with Crippen LogP contribution in [0.25, 0.3) is 0 Å². The minimum atomic E-state index is -0.902. The highest BCUT2D eigenvalue weighted by molar-refractivity contribution is 6.29. The Morgan fingerprint density at radius 1 is 1.50 bits per heavy atom. The highest BCUT2D eigenvalue weighted by Crippen LogP contribution is 2.17. The number of alkyl halides is 1. The molecule has 0 saturated heterocycles. The van der Waals surface area contributed by atoms with Gasteiger partial charge in [-0.1, -0.05) is 33.1 Å². The number of carboxylic acid groups (broad SMARTS) is 1. The van der Waals surface area contributed by atoms with Crippen molar-refractivity contribution in [3.63, 3.8) is 0 Å². The first-order valence-corrected chi connectivity index (χ1v) is 4.90. The van der Waals surface area contributed by atoms with Crippen molar-refractivity contribution in [1.82, 2.24) is 0 Å². The molecule has 2 atom stereocenters. The van der Waals surface area contributed by atoms with E-state index >= 15 is 0 Å². The van der Waals surface area contributed by atoms with E-state index in [1.165, 1.54) is 0 Å². The second-order valence-corrected chi connectivity index (χ2v) is 3.68. The van der Waals surface area contributed by atoms with E-state index in [1.807, 2.05) is 6.92 Å². The first kappa shape index (κ1) is 11.8. The average molecular weight is 193 g/mol. The number of hydrogen-bond acceptors (Lipinski definition) is 1. The molecule has 0 bridgehead atoms. The van der Waals surface area contributed by atoms with E-state index < -0.39 is 11.3 Å². The van der Waals surface area contributed by atoms with Gasteiger partial charge in [0, 0.05) is 0 Å². The molecule has 0 aliphatic rings. The molecule has 0 rings (SSSR count). The lowest BCUT2D eigenvalue weighted by molar-refractivity contribution is -0.137. The number of carboxylic acids is 1. The molecule has 2 unspecified atom stereocenters. The topological polar surface area (TPSA) is 37.3 Å². The molecule has 0 spiro atoms. The molecule has 1 N–H and O–H groups in total. The lowest BCUT2D eigenvalue weighted by atomic mass is 10.00. The summed E-state index contributed by atoms with van der Waals surface area (Å²) in [4.78, 5) is 10.4. The highest BCUT2D eigenvalue weighted by atomic mass is 35.5. The molecule has 72 valence electrons. The van der Waals surface area contributed by atoms with Crippen LogP contribution in [0.15, 0.2) is 0 Å². The number of unbranched alkanes of at least 4 members (excludes halogenated alkanes) is 2. The smallest absolute Gasteiger partial charge is 0.321 e. The van der Waals surface area contributed by atoms with Crippen molar-refractivity contribution in [1.29, 1.82) is 0 Å². The van der Waals surface area contributed by atoms with E-state index in [-0.39, 0.29) is 5.92 Å². The zero-order valence-electron chi connectivity index (χ0n) is 7.72. The Labute approximate surface area is 78.9 Å². The summed E-state index contributed by atoms with van der Waals surface area (Å²) in [6, 6.07) is 0. The number of halogens is 1. The second kappa shape index (κ2) is 6.30. The molecule has 0 aliphatic heterocycles. The Kier molecular flexibility index (Phi) is 6.17. The zero-order valence-corrected chi connectivity index (χ0v) is 8.47. The van der Waals surface area contributed by atoms with Gasteiger partial charge in [-0.05, 0) is 12.3 Å². The fourth-order valence-corrected chi connectivity index (χ4v) is 1.23.